The number of aromatic nitrogens is 2. The first-order valence-electron chi connectivity index (χ1n) is 9.92. The minimum absolute atomic E-state index is 0.00990. The van der Waals surface area contributed by atoms with Gasteiger partial charge >= 0.3 is 0 Å². The van der Waals surface area contributed by atoms with Crippen molar-refractivity contribution in [1.82, 2.24) is 9.55 Å². The summed E-state index contributed by atoms with van der Waals surface area (Å²) in [6.07, 6.45) is 3.75. The Balaban J connectivity index is 1.60. The Bertz CT molecular complexity index is 910. The van der Waals surface area contributed by atoms with E-state index in [4.69, 9.17) is 9.72 Å². The largest absolute Gasteiger partial charge is 0.378 e. The van der Waals surface area contributed by atoms with E-state index in [2.05, 4.69) is 31.7 Å². The zero-order valence-electron chi connectivity index (χ0n) is 16.8. The Morgan fingerprint density at radius 2 is 1.93 bits per heavy atom. The van der Waals surface area contributed by atoms with Crippen LogP contribution in [0.15, 0.2) is 29.1 Å². The lowest BCUT2D eigenvalue weighted by atomic mass is 9.77. The van der Waals surface area contributed by atoms with E-state index in [-0.39, 0.29) is 5.56 Å². The third kappa shape index (κ3) is 3.29. The van der Waals surface area contributed by atoms with Crippen molar-refractivity contribution in [2.75, 3.05) is 24.6 Å². The fourth-order valence-electron chi connectivity index (χ4n) is 4.62. The van der Waals surface area contributed by atoms with Gasteiger partial charge in [0, 0.05) is 19.2 Å². The third-order valence-corrected chi connectivity index (χ3v) is 6.43. The highest BCUT2D eigenvalue weighted by molar-refractivity contribution is 5.47. The number of aryl methyl sites for hydroxylation is 2. The van der Waals surface area contributed by atoms with E-state index >= 15 is 0 Å². The molecule has 1 aromatic carbocycles. The molecule has 2 aliphatic heterocycles. The molecule has 4 rings (SSSR count). The summed E-state index contributed by atoms with van der Waals surface area (Å²) in [5.74, 6) is 1.55. The van der Waals surface area contributed by atoms with Crippen LogP contribution in [-0.2, 0) is 4.74 Å². The van der Waals surface area contributed by atoms with Crippen LogP contribution in [0.2, 0.25) is 0 Å². The van der Waals surface area contributed by atoms with Gasteiger partial charge in [-0.25, -0.2) is 4.98 Å². The molecule has 0 radical (unpaired) electrons. The van der Waals surface area contributed by atoms with Gasteiger partial charge in [-0.3, -0.25) is 9.36 Å². The first-order chi connectivity index (χ1) is 12.9. The number of hydrogen-bond donors (Lipinski definition) is 0. The molecule has 1 aromatic heterocycles. The molecule has 0 aliphatic carbocycles. The molecule has 5 heteroatoms. The van der Waals surface area contributed by atoms with Crippen molar-refractivity contribution in [1.29, 1.82) is 0 Å². The van der Waals surface area contributed by atoms with Crippen LogP contribution in [0, 0.1) is 26.2 Å². The quantitative estimate of drug-likeness (QED) is 0.814. The Morgan fingerprint density at radius 1 is 1.19 bits per heavy atom. The summed E-state index contributed by atoms with van der Waals surface area (Å²) in [5.41, 5.74) is 3.54. The third-order valence-electron chi connectivity index (χ3n) is 6.43. The number of anilines is 1. The number of benzene rings is 1. The molecule has 2 fully saturated rings. The van der Waals surface area contributed by atoms with Gasteiger partial charge in [0.2, 0.25) is 0 Å². The van der Waals surface area contributed by atoms with Crippen LogP contribution in [0.25, 0.3) is 5.69 Å². The van der Waals surface area contributed by atoms with Crippen LogP contribution in [0.4, 0.5) is 5.82 Å². The maximum absolute atomic E-state index is 12.9. The summed E-state index contributed by atoms with van der Waals surface area (Å²) in [5, 5.41) is 0. The van der Waals surface area contributed by atoms with E-state index < -0.39 is 0 Å². The summed E-state index contributed by atoms with van der Waals surface area (Å²) in [6.45, 7) is 11.0. The summed E-state index contributed by atoms with van der Waals surface area (Å²) in [7, 11) is 0. The molecule has 1 spiro atoms. The maximum Gasteiger partial charge on any atom is 0.260 e. The number of rotatable bonds is 2. The van der Waals surface area contributed by atoms with Crippen LogP contribution in [-0.4, -0.2) is 35.4 Å². The molecule has 2 aliphatic rings. The van der Waals surface area contributed by atoms with Gasteiger partial charge in [-0.05, 0) is 69.6 Å². The standard InChI is InChI=1S/C22H29N3O2/c1-15-6-5-7-19(17(15)3)25-18(4)23-20(12-21(25)26)24-10-8-22(9-11-24)13-16(2)27-14-22/h5-7,12,16H,8-11,13-14H2,1-4H3/t16-/m0/s1. The molecule has 2 saturated heterocycles. The second-order valence-corrected chi connectivity index (χ2v) is 8.37. The molecule has 5 nitrogen and oxygen atoms in total. The highest BCUT2D eigenvalue weighted by atomic mass is 16.5. The summed E-state index contributed by atoms with van der Waals surface area (Å²) >= 11 is 0. The van der Waals surface area contributed by atoms with Gasteiger partial charge in [0.1, 0.15) is 11.6 Å². The average molecular weight is 367 g/mol. The van der Waals surface area contributed by atoms with Gasteiger partial charge in [-0.1, -0.05) is 12.1 Å². The van der Waals surface area contributed by atoms with Crippen molar-refractivity contribution >= 4 is 5.82 Å². The number of nitrogens with zero attached hydrogens (tertiary/aromatic N) is 3. The molecule has 144 valence electrons. The van der Waals surface area contributed by atoms with E-state index in [1.807, 2.05) is 19.1 Å². The molecule has 2 aromatic rings. The van der Waals surface area contributed by atoms with Crippen molar-refractivity contribution in [2.24, 2.45) is 5.41 Å². The normalized spacial score (nSPS) is 21.8. The molecule has 0 saturated carbocycles. The molecule has 1 atom stereocenters. The zero-order valence-corrected chi connectivity index (χ0v) is 16.8. The van der Waals surface area contributed by atoms with E-state index in [1.54, 1.807) is 10.6 Å². The van der Waals surface area contributed by atoms with Crippen LogP contribution in [0.1, 0.15) is 43.1 Å². The van der Waals surface area contributed by atoms with Crippen LogP contribution in [0.5, 0.6) is 0 Å². The molecular weight excluding hydrogens is 338 g/mol. The van der Waals surface area contributed by atoms with Gasteiger partial charge < -0.3 is 9.64 Å². The SMILES string of the molecule is Cc1cccc(-n2c(C)nc(N3CCC4(CC3)CO[C@@H](C)C4)cc2=O)c1C. The minimum atomic E-state index is -0.00990. The summed E-state index contributed by atoms with van der Waals surface area (Å²) in [6, 6.07) is 7.74. The van der Waals surface area contributed by atoms with Gasteiger partial charge in [0.25, 0.3) is 5.56 Å². The maximum atomic E-state index is 12.9. The topological polar surface area (TPSA) is 47.4 Å². The highest BCUT2D eigenvalue weighted by Gasteiger charge is 2.41. The predicted molar refractivity (Wildman–Crippen MR) is 108 cm³/mol. The molecule has 3 heterocycles. The smallest absolute Gasteiger partial charge is 0.260 e. The zero-order chi connectivity index (χ0) is 19.2. The molecule has 0 bridgehead atoms. The van der Waals surface area contributed by atoms with E-state index in [0.29, 0.717) is 11.5 Å². The van der Waals surface area contributed by atoms with Gasteiger partial charge in [-0.15, -0.1) is 0 Å². The first-order valence-corrected chi connectivity index (χ1v) is 9.92. The van der Waals surface area contributed by atoms with Crippen molar-refractivity contribution in [3.05, 3.63) is 51.6 Å². The number of hydrogen-bond acceptors (Lipinski definition) is 4. The van der Waals surface area contributed by atoms with Crippen molar-refractivity contribution in [2.45, 2.75) is 53.1 Å². The molecule has 0 amide bonds. The van der Waals surface area contributed by atoms with E-state index in [1.165, 1.54) is 5.56 Å². The predicted octanol–water partition coefficient (Wildman–Crippen LogP) is 3.55. The molecule has 27 heavy (non-hydrogen) atoms. The van der Waals surface area contributed by atoms with Crippen molar-refractivity contribution in [3.8, 4) is 5.69 Å². The molecule has 0 N–H and O–H groups in total. The Labute approximate surface area is 161 Å². The van der Waals surface area contributed by atoms with Crippen LogP contribution in [0.3, 0.4) is 0 Å². The number of piperidine rings is 1. The molecule has 0 unspecified atom stereocenters. The lowest BCUT2D eigenvalue weighted by molar-refractivity contribution is 0.0976. The van der Waals surface area contributed by atoms with Gasteiger partial charge in [-0.2, -0.15) is 0 Å². The van der Waals surface area contributed by atoms with Crippen molar-refractivity contribution in [3.63, 3.8) is 0 Å². The fraction of sp³-hybridized carbons (Fsp3) is 0.545. The van der Waals surface area contributed by atoms with Gasteiger partial charge in [0.05, 0.1) is 18.4 Å². The number of ether oxygens (including phenoxy) is 1. The van der Waals surface area contributed by atoms with Crippen LogP contribution < -0.4 is 10.5 Å². The Hall–Kier alpha value is -2.14. The second-order valence-electron chi connectivity index (χ2n) is 8.37. The first kappa shape index (κ1) is 18.2. The fourth-order valence-corrected chi connectivity index (χ4v) is 4.62. The lowest BCUT2D eigenvalue weighted by Gasteiger charge is -2.39. The highest BCUT2D eigenvalue weighted by Crippen LogP contribution is 2.42. The van der Waals surface area contributed by atoms with Crippen molar-refractivity contribution < 1.29 is 4.74 Å². The monoisotopic (exact) mass is 367 g/mol. The lowest BCUT2D eigenvalue weighted by Crippen LogP contribution is -2.41. The average Bonchev–Trinajstić information content (AvgIpc) is 2.99. The summed E-state index contributed by atoms with van der Waals surface area (Å²) < 4.78 is 7.55. The Kier molecular flexibility index (Phi) is 4.58. The summed E-state index contributed by atoms with van der Waals surface area (Å²) in [4.78, 5) is 20.0. The van der Waals surface area contributed by atoms with E-state index in [9.17, 15) is 4.79 Å². The Morgan fingerprint density at radius 3 is 2.56 bits per heavy atom. The van der Waals surface area contributed by atoms with Gasteiger partial charge in [0.15, 0.2) is 0 Å². The minimum Gasteiger partial charge on any atom is -0.378 e. The van der Waals surface area contributed by atoms with E-state index in [0.717, 1.165) is 61.9 Å². The van der Waals surface area contributed by atoms with Crippen LogP contribution >= 0.6 is 0 Å². The molecular formula is C22H29N3O2. The second kappa shape index (κ2) is 6.79.